The third-order valence-electron chi connectivity index (χ3n) is 2.67. The molecule has 0 amide bonds. The number of nitrogens with one attached hydrogen (secondary N) is 1. The number of sulfonamides is 1. The van der Waals surface area contributed by atoms with Gasteiger partial charge in [-0.25, -0.2) is 12.8 Å². The zero-order valence-corrected chi connectivity index (χ0v) is 12.3. The largest absolute Gasteiger partial charge is 0.480 e. The molecule has 0 radical (unpaired) electrons. The van der Waals surface area contributed by atoms with E-state index in [1.54, 1.807) is 19.9 Å². The maximum atomic E-state index is 13.5. The lowest BCUT2D eigenvalue weighted by atomic mass is 10.1. The van der Waals surface area contributed by atoms with E-state index in [0.29, 0.717) is 6.07 Å². The van der Waals surface area contributed by atoms with Crippen molar-refractivity contribution in [3.8, 4) is 6.07 Å². The monoisotopic (exact) mass is 314 g/mol. The minimum absolute atomic E-state index is 0.0356. The fourth-order valence-electron chi connectivity index (χ4n) is 1.68. The highest BCUT2D eigenvalue weighted by molar-refractivity contribution is 7.89. The van der Waals surface area contributed by atoms with E-state index < -0.39 is 32.7 Å². The lowest BCUT2D eigenvalue weighted by molar-refractivity contribution is -0.139. The number of halogens is 1. The first kappa shape index (κ1) is 17.1. The number of carboxylic acids is 1. The Morgan fingerprint density at radius 2 is 2.10 bits per heavy atom. The summed E-state index contributed by atoms with van der Waals surface area (Å²) < 4.78 is 39.6. The molecule has 1 atom stereocenters. The van der Waals surface area contributed by atoms with E-state index in [0.717, 1.165) is 12.1 Å². The first-order valence-corrected chi connectivity index (χ1v) is 7.60. The Bertz CT molecular complexity index is 680. The molecule has 21 heavy (non-hydrogen) atoms. The maximum Gasteiger partial charge on any atom is 0.321 e. The summed E-state index contributed by atoms with van der Waals surface area (Å²) in [7, 11) is -4.18. The highest BCUT2D eigenvalue weighted by Crippen LogP contribution is 2.16. The molecular formula is C13H15FN2O4S. The molecule has 0 fully saturated rings. The predicted octanol–water partition coefficient (Wildman–Crippen LogP) is 1.47. The molecule has 8 heteroatoms. The first-order chi connectivity index (χ1) is 9.67. The first-order valence-electron chi connectivity index (χ1n) is 6.12. The summed E-state index contributed by atoms with van der Waals surface area (Å²) in [5.41, 5.74) is -0.286. The Balaban J connectivity index is 3.08. The van der Waals surface area contributed by atoms with Gasteiger partial charge in [0.25, 0.3) is 0 Å². The molecule has 0 saturated heterocycles. The summed E-state index contributed by atoms with van der Waals surface area (Å²) in [6, 6.07) is 3.05. The van der Waals surface area contributed by atoms with Crippen LogP contribution in [0.15, 0.2) is 23.1 Å². The zero-order chi connectivity index (χ0) is 16.2. The number of hydrogen-bond donors (Lipinski definition) is 2. The summed E-state index contributed by atoms with van der Waals surface area (Å²) in [6.07, 6.45) is 0.104. The zero-order valence-electron chi connectivity index (χ0n) is 11.5. The Kier molecular flexibility index (Phi) is 5.41. The van der Waals surface area contributed by atoms with E-state index in [4.69, 9.17) is 10.4 Å². The molecule has 0 bridgehead atoms. The molecule has 0 unspecified atom stereocenters. The number of carbonyl (C=O) groups is 1. The van der Waals surface area contributed by atoms with Crippen LogP contribution in [0.5, 0.6) is 0 Å². The van der Waals surface area contributed by atoms with Gasteiger partial charge in [-0.3, -0.25) is 4.79 Å². The van der Waals surface area contributed by atoms with Gasteiger partial charge in [0.05, 0.1) is 10.5 Å². The highest BCUT2D eigenvalue weighted by atomic mass is 32.2. The lowest BCUT2D eigenvalue weighted by Gasteiger charge is -2.16. The number of carboxylic acid groups (broad SMARTS) is 1. The van der Waals surface area contributed by atoms with Crippen molar-refractivity contribution in [1.29, 1.82) is 5.26 Å². The average Bonchev–Trinajstić information content (AvgIpc) is 2.36. The van der Waals surface area contributed by atoms with Gasteiger partial charge in [-0.05, 0) is 30.5 Å². The van der Waals surface area contributed by atoms with Crippen LogP contribution in [0.3, 0.4) is 0 Å². The molecule has 0 spiro atoms. The number of nitrogens with zero attached hydrogens (tertiary/aromatic N) is 1. The van der Waals surface area contributed by atoms with Gasteiger partial charge in [0.15, 0.2) is 0 Å². The van der Waals surface area contributed by atoms with E-state index >= 15 is 0 Å². The van der Waals surface area contributed by atoms with Crippen LogP contribution >= 0.6 is 0 Å². The molecule has 1 rings (SSSR count). The van der Waals surface area contributed by atoms with Crippen LogP contribution in [0.25, 0.3) is 0 Å². The summed E-state index contributed by atoms with van der Waals surface area (Å²) in [4.78, 5) is 10.6. The summed E-state index contributed by atoms with van der Waals surface area (Å²) in [5.74, 6) is -2.32. The minimum Gasteiger partial charge on any atom is -0.480 e. The molecule has 0 heterocycles. The number of rotatable bonds is 6. The van der Waals surface area contributed by atoms with E-state index in [1.807, 2.05) is 4.72 Å². The molecule has 2 N–H and O–H groups in total. The normalized spacial score (nSPS) is 12.9. The number of hydrogen-bond acceptors (Lipinski definition) is 4. The van der Waals surface area contributed by atoms with Crippen molar-refractivity contribution < 1.29 is 22.7 Å². The average molecular weight is 314 g/mol. The Labute approximate surface area is 122 Å². The molecule has 114 valence electrons. The van der Waals surface area contributed by atoms with Crippen molar-refractivity contribution >= 4 is 16.0 Å². The minimum atomic E-state index is -4.18. The van der Waals surface area contributed by atoms with E-state index in [9.17, 15) is 17.6 Å². The van der Waals surface area contributed by atoms with E-state index in [-0.39, 0.29) is 17.9 Å². The second kappa shape index (κ2) is 6.65. The standard InChI is InChI=1S/C13H15FN2O4S/c1-8(2)5-12(13(17)18)16-21(19,20)10-4-3-9(7-15)11(14)6-10/h3-4,6,8,12,16H,5H2,1-2H3,(H,17,18)/t12-/m0/s1. The van der Waals surface area contributed by atoms with Crippen molar-refractivity contribution in [2.24, 2.45) is 5.92 Å². The second-order valence-corrected chi connectivity index (χ2v) is 6.61. The summed E-state index contributed by atoms with van der Waals surface area (Å²) in [5, 5.41) is 17.6. The quantitative estimate of drug-likeness (QED) is 0.827. The number of aliphatic carboxylic acids is 1. The van der Waals surface area contributed by atoms with E-state index in [1.165, 1.54) is 0 Å². The van der Waals surface area contributed by atoms with Crippen LogP contribution in [0.4, 0.5) is 4.39 Å². The Morgan fingerprint density at radius 3 is 2.52 bits per heavy atom. The van der Waals surface area contributed by atoms with Crippen molar-refractivity contribution in [2.75, 3.05) is 0 Å². The molecule has 1 aromatic rings. The van der Waals surface area contributed by atoms with Gasteiger partial charge in [-0.1, -0.05) is 13.8 Å². The third-order valence-corrected chi connectivity index (χ3v) is 4.14. The number of nitriles is 1. The van der Waals surface area contributed by atoms with Gasteiger partial charge in [-0.15, -0.1) is 0 Å². The van der Waals surface area contributed by atoms with Crippen LogP contribution in [-0.2, 0) is 14.8 Å². The predicted molar refractivity (Wildman–Crippen MR) is 72.3 cm³/mol. The maximum absolute atomic E-state index is 13.5. The van der Waals surface area contributed by atoms with E-state index in [2.05, 4.69) is 0 Å². The summed E-state index contributed by atoms with van der Waals surface area (Å²) >= 11 is 0. The van der Waals surface area contributed by atoms with Crippen LogP contribution < -0.4 is 4.72 Å². The molecular weight excluding hydrogens is 299 g/mol. The van der Waals surface area contributed by atoms with Crippen LogP contribution in [0.2, 0.25) is 0 Å². The Morgan fingerprint density at radius 1 is 1.48 bits per heavy atom. The Hall–Kier alpha value is -1.98. The van der Waals surface area contributed by atoms with Crippen LogP contribution in [0.1, 0.15) is 25.8 Å². The highest BCUT2D eigenvalue weighted by Gasteiger charge is 2.26. The van der Waals surface area contributed by atoms with Gasteiger partial charge in [0.1, 0.15) is 17.9 Å². The molecule has 1 aromatic carbocycles. The van der Waals surface area contributed by atoms with Gasteiger partial charge in [-0.2, -0.15) is 9.98 Å². The van der Waals surface area contributed by atoms with Gasteiger partial charge in [0, 0.05) is 0 Å². The fourth-order valence-corrected chi connectivity index (χ4v) is 2.89. The smallest absolute Gasteiger partial charge is 0.321 e. The molecule has 6 nitrogen and oxygen atoms in total. The van der Waals surface area contributed by atoms with Crippen molar-refractivity contribution in [3.63, 3.8) is 0 Å². The van der Waals surface area contributed by atoms with Crippen LogP contribution in [-0.4, -0.2) is 25.5 Å². The third kappa shape index (κ3) is 4.51. The molecule has 0 aliphatic carbocycles. The number of benzene rings is 1. The van der Waals surface area contributed by atoms with Gasteiger partial charge >= 0.3 is 5.97 Å². The van der Waals surface area contributed by atoms with Crippen molar-refractivity contribution in [1.82, 2.24) is 4.72 Å². The molecule has 0 aliphatic heterocycles. The van der Waals surface area contributed by atoms with Crippen LogP contribution in [0, 0.1) is 23.1 Å². The van der Waals surface area contributed by atoms with Crippen molar-refractivity contribution in [3.05, 3.63) is 29.6 Å². The molecule has 0 saturated carbocycles. The topological polar surface area (TPSA) is 107 Å². The van der Waals surface area contributed by atoms with Gasteiger partial charge in [0.2, 0.25) is 10.0 Å². The molecule has 0 aliphatic rings. The summed E-state index contributed by atoms with van der Waals surface area (Å²) in [6.45, 7) is 3.51. The second-order valence-electron chi connectivity index (χ2n) is 4.90. The molecule has 0 aromatic heterocycles. The lowest BCUT2D eigenvalue weighted by Crippen LogP contribution is -2.41. The fraction of sp³-hybridized carbons (Fsp3) is 0.385. The SMILES string of the molecule is CC(C)C[C@H](NS(=O)(=O)c1ccc(C#N)c(F)c1)C(=O)O. The van der Waals surface area contributed by atoms with Crippen molar-refractivity contribution in [2.45, 2.75) is 31.2 Å². The van der Waals surface area contributed by atoms with Gasteiger partial charge < -0.3 is 5.11 Å².